The summed E-state index contributed by atoms with van der Waals surface area (Å²) in [6.07, 6.45) is 1.35. The SMILES string of the molecule is CCc1ccc(OCC(=O)N(Cc2ccc(OC)c(OC)c2)C2CCS(=O)(=O)C2)cc1. The van der Waals surface area contributed by atoms with Gasteiger partial charge in [0, 0.05) is 12.6 Å². The summed E-state index contributed by atoms with van der Waals surface area (Å²) in [6, 6.07) is 12.6. The van der Waals surface area contributed by atoms with E-state index in [2.05, 4.69) is 6.92 Å². The van der Waals surface area contributed by atoms with E-state index in [1.165, 1.54) is 5.56 Å². The van der Waals surface area contributed by atoms with E-state index in [1.54, 1.807) is 31.3 Å². The van der Waals surface area contributed by atoms with Crippen molar-refractivity contribution in [3.63, 3.8) is 0 Å². The maximum Gasteiger partial charge on any atom is 0.261 e. The number of hydrogen-bond donors (Lipinski definition) is 0. The van der Waals surface area contributed by atoms with Crippen molar-refractivity contribution in [2.75, 3.05) is 32.3 Å². The van der Waals surface area contributed by atoms with Crippen molar-refractivity contribution in [2.24, 2.45) is 0 Å². The molecule has 1 heterocycles. The number of methoxy groups -OCH3 is 2. The monoisotopic (exact) mass is 447 g/mol. The standard InChI is InChI=1S/C23H29NO6S/c1-4-17-5-8-20(9-6-17)30-15-23(25)24(19-11-12-31(26,27)16-19)14-18-7-10-21(28-2)22(13-18)29-3/h5-10,13,19H,4,11-12,14-16H2,1-3H3. The molecule has 1 fully saturated rings. The molecule has 1 aliphatic rings. The average molecular weight is 448 g/mol. The minimum Gasteiger partial charge on any atom is -0.493 e. The van der Waals surface area contributed by atoms with Gasteiger partial charge in [0.15, 0.2) is 27.9 Å². The summed E-state index contributed by atoms with van der Waals surface area (Å²) in [7, 11) is -0.0399. The Morgan fingerprint density at radius 2 is 1.71 bits per heavy atom. The second-order valence-corrected chi connectivity index (χ2v) is 9.78. The molecule has 2 aromatic carbocycles. The Morgan fingerprint density at radius 1 is 1.03 bits per heavy atom. The molecular weight excluding hydrogens is 418 g/mol. The van der Waals surface area contributed by atoms with E-state index in [0.717, 1.165) is 12.0 Å². The van der Waals surface area contributed by atoms with Crippen molar-refractivity contribution < 1.29 is 27.4 Å². The molecule has 1 amide bonds. The van der Waals surface area contributed by atoms with Crippen LogP contribution in [0.2, 0.25) is 0 Å². The van der Waals surface area contributed by atoms with Crippen LogP contribution in [0.15, 0.2) is 42.5 Å². The first-order valence-corrected chi connectivity index (χ1v) is 12.1. The number of benzene rings is 2. The lowest BCUT2D eigenvalue weighted by atomic mass is 10.1. The number of ether oxygens (including phenoxy) is 3. The lowest BCUT2D eigenvalue weighted by Gasteiger charge is -2.28. The van der Waals surface area contributed by atoms with Crippen LogP contribution in [0, 0.1) is 0 Å². The highest BCUT2D eigenvalue weighted by molar-refractivity contribution is 7.91. The topological polar surface area (TPSA) is 82.1 Å². The van der Waals surface area contributed by atoms with Crippen LogP contribution >= 0.6 is 0 Å². The maximum atomic E-state index is 13.1. The van der Waals surface area contributed by atoms with Gasteiger partial charge in [0.1, 0.15) is 5.75 Å². The summed E-state index contributed by atoms with van der Waals surface area (Å²) >= 11 is 0. The number of nitrogens with zero attached hydrogens (tertiary/aromatic N) is 1. The van der Waals surface area contributed by atoms with Crippen molar-refractivity contribution in [3.8, 4) is 17.2 Å². The van der Waals surface area contributed by atoms with Gasteiger partial charge in [-0.25, -0.2) is 8.42 Å². The number of carbonyl (C=O) groups is 1. The van der Waals surface area contributed by atoms with E-state index < -0.39 is 9.84 Å². The molecular formula is C23H29NO6S. The van der Waals surface area contributed by atoms with Gasteiger partial charge in [-0.1, -0.05) is 25.1 Å². The molecule has 0 bridgehead atoms. The van der Waals surface area contributed by atoms with Gasteiger partial charge in [0.2, 0.25) is 0 Å². The summed E-state index contributed by atoms with van der Waals surface area (Å²) in [6.45, 7) is 2.17. The van der Waals surface area contributed by atoms with E-state index in [4.69, 9.17) is 14.2 Å². The molecule has 168 valence electrons. The minimum absolute atomic E-state index is 0.0305. The molecule has 0 radical (unpaired) electrons. The molecule has 0 aromatic heterocycles. The van der Waals surface area contributed by atoms with Crippen molar-refractivity contribution in [1.82, 2.24) is 4.90 Å². The first kappa shape index (κ1) is 22.9. The van der Waals surface area contributed by atoms with Crippen LogP contribution in [0.3, 0.4) is 0 Å². The first-order chi connectivity index (χ1) is 14.8. The molecule has 0 spiro atoms. The number of aryl methyl sites for hydroxylation is 1. The third kappa shape index (κ3) is 5.91. The number of amides is 1. The summed E-state index contributed by atoms with van der Waals surface area (Å²) < 4.78 is 40.4. The van der Waals surface area contributed by atoms with Crippen LogP contribution in [0.1, 0.15) is 24.5 Å². The maximum absolute atomic E-state index is 13.1. The second kappa shape index (κ2) is 10.0. The molecule has 2 aromatic rings. The fraction of sp³-hybridized carbons (Fsp3) is 0.435. The predicted molar refractivity (Wildman–Crippen MR) is 118 cm³/mol. The molecule has 0 N–H and O–H groups in total. The van der Waals surface area contributed by atoms with Gasteiger partial charge in [0.25, 0.3) is 5.91 Å². The fourth-order valence-corrected chi connectivity index (χ4v) is 5.40. The summed E-state index contributed by atoms with van der Waals surface area (Å²) in [5.74, 6) is 1.56. The highest BCUT2D eigenvalue weighted by atomic mass is 32.2. The fourth-order valence-electron chi connectivity index (χ4n) is 3.67. The Bertz CT molecular complexity index is 1000. The van der Waals surface area contributed by atoms with Gasteiger partial charge in [-0.15, -0.1) is 0 Å². The number of carbonyl (C=O) groups excluding carboxylic acids is 1. The highest BCUT2D eigenvalue weighted by Gasteiger charge is 2.35. The van der Waals surface area contributed by atoms with Crippen molar-refractivity contribution in [2.45, 2.75) is 32.4 Å². The van der Waals surface area contributed by atoms with Gasteiger partial charge >= 0.3 is 0 Å². The highest BCUT2D eigenvalue weighted by Crippen LogP contribution is 2.29. The smallest absolute Gasteiger partial charge is 0.261 e. The van der Waals surface area contributed by atoms with E-state index >= 15 is 0 Å². The third-order valence-corrected chi connectivity index (χ3v) is 7.21. The first-order valence-electron chi connectivity index (χ1n) is 10.3. The molecule has 1 aliphatic heterocycles. The van der Waals surface area contributed by atoms with Gasteiger partial charge in [-0.2, -0.15) is 0 Å². The molecule has 0 saturated carbocycles. The molecule has 31 heavy (non-hydrogen) atoms. The lowest BCUT2D eigenvalue weighted by Crippen LogP contribution is -2.43. The largest absolute Gasteiger partial charge is 0.493 e. The molecule has 8 heteroatoms. The number of hydrogen-bond acceptors (Lipinski definition) is 6. The minimum atomic E-state index is -3.14. The van der Waals surface area contributed by atoms with Gasteiger partial charge in [0.05, 0.1) is 25.7 Å². The van der Waals surface area contributed by atoms with E-state index in [-0.39, 0.29) is 36.6 Å². The summed E-state index contributed by atoms with van der Waals surface area (Å²) in [4.78, 5) is 14.7. The molecule has 1 saturated heterocycles. The van der Waals surface area contributed by atoms with Gasteiger partial charge < -0.3 is 19.1 Å². The Labute approximate surface area is 183 Å². The van der Waals surface area contributed by atoms with E-state index in [9.17, 15) is 13.2 Å². The Balaban J connectivity index is 1.76. The quantitative estimate of drug-likeness (QED) is 0.588. The van der Waals surface area contributed by atoms with E-state index in [1.807, 2.05) is 30.3 Å². The lowest BCUT2D eigenvalue weighted by molar-refractivity contribution is -0.136. The summed E-state index contributed by atoms with van der Waals surface area (Å²) in [5, 5.41) is 0. The number of sulfone groups is 1. The van der Waals surface area contributed by atoms with Crippen LogP contribution in [-0.2, 0) is 27.6 Å². The van der Waals surface area contributed by atoms with E-state index in [0.29, 0.717) is 23.7 Å². The van der Waals surface area contributed by atoms with Crippen molar-refractivity contribution in [1.29, 1.82) is 0 Å². The number of rotatable bonds is 9. The third-order valence-electron chi connectivity index (χ3n) is 5.46. The normalized spacial score (nSPS) is 17.2. The second-order valence-electron chi connectivity index (χ2n) is 7.55. The Hall–Kier alpha value is -2.74. The predicted octanol–water partition coefficient (Wildman–Crippen LogP) is 2.86. The van der Waals surface area contributed by atoms with Crippen LogP contribution in [-0.4, -0.2) is 57.6 Å². The van der Waals surface area contributed by atoms with Crippen molar-refractivity contribution >= 4 is 15.7 Å². The Kier molecular flexibility index (Phi) is 7.43. The van der Waals surface area contributed by atoms with Crippen LogP contribution in [0.25, 0.3) is 0 Å². The summed E-state index contributed by atoms with van der Waals surface area (Å²) in [5.41, 5.74) is 2.01. The molecule has 1 atom stereocenters. The van der Waals surface area contributed by atoms with Gasteiger partial charge in [-0.3, -0.25) is 4.79 Å². The van der Waals surface area contributed by atoms with Crippen LogP contribution in [0.4, 0.5) is 0 Å². The van der Waals surface area contributed by atoms with Crippen LogP contribution < -0.4 is 14.2 Å². The van der Waals surface area contributed by atoms with Crippen LogP contribution in [0.5, 0.6) is 17.2 Å². The molecule has 3 rings (SSSR count). The van der Waals surface area contributed by atoms with Crippen molar-refractivity contribution in [3.05, 3.63) is 53.6 Å². The zero-order chi connectivity index (χ0) is 22.4. The zero-order valence-electron chi connectivity index (χ0n) is 18.2. The zero-order valence-corrected chi connectivity index (χ0v) is 19.0. The molecule has 7 nitrogen and oxygen atoms in total. The molecule has 1 unspecified atom stereocenters. The Morgan fingerprint density at radius 3 is 2.29 bits per heavy atom. The average Bonchev–Trinajstić information content (AvgIpc) is 3.15. The van der Waals surface area contributed by atoms with Gasteiger partial charge in [-0.05, 0) is 48.2 Å². The molecule has 0 aliphatic carbocycles.